The first-order chi connectivity index (χ1) is 9.21. The molecular formula is C12H17BrN4O2. The summed E-state index contributed by atoms with van der Waals surface area (Å²) in [6, 6.07) is 1.94. The molecule has 19 heavy (non-hydrogen) atoms. The van der Waals surface area contributed by atoms with Crippen molar-refractivity contribution in [3.05, 3.63) is 16.7 Å². The van der Waals surface area contributed by atoms with E-state index >= 15 is 0 Å². The predicted octanol–water partition coefficient (Wildman–Crippen LogP) is 2.23. The number of hydrogen-bond donors (Lipinski definition) is 0. The summed E-state index contributed by atoms with van der Waals surface area (Å²) in [6.45, 7) is 3.73. The van der Waals surface area contributed by atoms with Gasteiger partial charge in [0.25, 0.3) is 0 Å². The summed E-state index contributed by atoms with van der Waals surface area (Å²) in [6.07, 6.45) is 1.76. The van der Waals surface area contributed by atoms with Crippen molar-refractivity contribution in [2.45, 2.75) is 13.7 Å². The quantitative estimate of drug-likeness (QED) is 0.761. The van der Waals surface area contributed by atoms with Gasteiger partial charge in [-0.3, -0.25) is 4.57 Å². The fourth-order valence-corrected chi connectivity index (χ4v) is 2.23. The maximum absolute atomic E-state index is 5.24. The van der Waals surface area contributed by atoms with Crippen molar-refractivity contribution in [2.75, 3.05) is 32.4 Å². The molecule has 0 radical (unpaired) electrons. The van der Waals surface area contributed by atoms with Crippen LogP contribution in [0.4, 0.5) is 5.95 Å². The smallest absolute Gasteiger partial charge is 0.211 e. The molecule has 7 heteroatoms. The number of anilines is 1. The van der Waals surface area contributed by atoms with Crippen LogP contribution in [-0.2, 0) is 16.2 Å². The molecule has 2 heterocycles. The monoisotopic (exact) mass is 328 g/mol. The highest BCUT2D eigenvalue weighted by atomic mass is 79.9. The molecule has 104 valence electrons. The predicted molar refractivity (Wildman–Crippen MR) is 77.1 cm³/mol. The van der Waals surface area contributed by atoms with Crippen molar-refractivity contribution in [3.63, 3.8) is 0 Å². The number of hydrogen-bond acceptors (Lipinski definition) is 5. The van der Waals surface area contributed by atoms with Crippen LogP contribution in [0.3, 0.4) is 0 Å². The molecule has 0 fully saturated rings. The number of imidazole rings is 1. The van der Waals surface area contributed by atoms with Crippen LogP contribution in [0.5, 0.6) is 0 Å². The van der Waals surface area contributed by atoms with Gasteiger partial charge in [0.15, 0.2) is 5.65 Å². The fourth-order valence-electron chi connectivity index (χ4n) is 1.91. The van der Waals surface area contributed by atoms with Gasteiger partial charge in [0.1, 0.15) is 19.0 Å². The fraction of sp³-hybridized carbons (Fsp3) is 0.500. The second-order valence-corrected chi connectivity index (χ2v) is 4.94. The van der Waals surface area contributed by atoms with Crippen LogP contribution >= 0.6 is 15.9 Å². The third-order valence-corrected chi connectivity index (χ3v) is 3.17. The van der Waals surface area contributed by atoms with Gasteiger partial charge in [0, 0.05) is 31.4 Å². The average Bonchev–Trinajstić information content (AvgIpc) is 2.74. The summed E-state index contributed by atoms with van der Waals surface area (Å²) >= 11 is 3.41. The minimum atomic E-state index is 0.403. The summed E-state index contributed by atoms with van der Waals surface area (Å²) in [5.41, 5.74) is 1.63. The van der Waals surface area contributed by atoms with E-state index in [-0.39, 0.29) is 0 Å². The number of rotatable bonds is 6. The van der Waals surface area contributed by atoms with Crippen LogP contribution in [-0.4, -0.2) is 42.0 Å². The highest BCUT2D eigenvalue weighted by molar-refractivity contribution is 9.10. The highest BCUT2D eigenvalue weighted by Gasteiger charge is 2.16. The standard InChI is InChI=1S/C12H17BrN4O2/c1-4-16(7-18-2)12-15-10-5-9(13)6-14-11(10)17(12)8-19-3/h5-6H,4,7-8H2,1-3H3. The first kappa shape index (κ1) is 14.2. The maximum Gasteiger partial charge on any atom is 0.211 e. The van der Waals surface area contributed by atoms with E-state index in [0.29, 0.717) is 13.5 Å². The number of halogens is 1. The van der Waals surface area contributed by atoms with E-state index in [1.165, 1.54) is 0 Å². The average molecular weight is 329 g/mol. The Balaban J connectivity index is 2.54. The number of methoxy groups -OCH3 is 2. The van der Waals surface area contributed by atoms with E-state index in [1.54, 1.807) is 20.4 Å². The van der Waals surface area contributed by atoms with Gasteiger partial charge in [0.05, 0.1) is 0 Å². The molecule has 0 saturated heterocycles. The SMILES string of the molecule is CCN(COC)c1nc2cc(Br)cnc2n1COC. The first-order valence-corrected chi connectivity index (χ1v) is 6.75. The molecule has 0 aliphatic rings. The lowest BCUT2D eigenvalue weighted by Crippen LogP contribution is -2.28. The van der Waals surface area contributed by atoms with Gasteiger partial charge < -0.3 is 14.4 Å². The Bertz CT molecular complexity index is 558. The van der Waals surface area contributed by atoms with Gasteiger partial charge in [-0.05, 0) is 28.9 Å². The summed E-state index contributed by atoms with van der Waals surface area (Å²) < 4.78 is 13.3. The van der Waals surface area contributed by atoms with Crippen LogP contribution < -0.4 is 4.90 Å². The normalized spacial score (nSPS) is 11.2. The van der Waals surface area contributed by atoms with Crippen LogP contribution in [0.15, 0.2) is 16.7 Å². The van der Waals surface area contributed by atoms with Crippen molar-refractivity contribution < 1.29 is 9.47 Å². The first-order valence-electron chi connectivity index (χ1n) is 5.95. The van der Waals surface area contributed by atoms with Crippen molar-refractivity contribution >= 4 is 33.0 Å². The van der Waals surface area contributed by atoms with Crippen LogP contribution in [0.1, 0.15) is 6.92 Å². The highest BCUT2D eigenvalue weighted by Crippen LogP contribution is 2.23. The lowest BCUT2D eigenvalue weighted by Gasteiger charge is -2.21. The van der Waals surface area contributed by atoms with Gasteiger partial charge in [-0.25, -0.2) is 9.97 Å². The van der Waals surface area contributed by atoms with E-state index in [1.807, 2.05) is 15.5 Å². The molecule has 0 aromatic carbocycles. The Morgan fingerprint density at radius 1 is 1.37 bits per heavy atom. The zero-order valence-corrected chi connectivity index (χ0v) is 12.8. The Hall–Kier alpha value is -1.18. The van der Waals surface area contributed by atoms with Gasteiger partial charge >= 0.3 is 0 Å². The van der Waals surface area contributed by atoms with Crippen molar-refractivity contribution in [1.29, 1.82) is 0 Å². The molecule has 0 amide bonds. The molecule has 2 rings (SSSR count). The largest absolute Gasteiger partial charge is 0.364 e. The van der Waals surface area contributed by atoms with Crippen molar-refractivity contribution in [3.8, 4) is 0 Å². The summed E-state index contributed by atoms with van der Waals surface area (Å²) in [4.78, 5) is 11.0. The second-order valence-electron chi connectivity index (χ2n) is 4.03. The Kier molecular flexibility index (Phi) is 4.73. The summed E-state index contributed by atoms with van der Waals surface area (Å²) in [5, 5.41) is 0. The van der Waals surface area contributed by atoms with Gasteiger partial charge in [-0.15, -0.1) is 0 Å². The minimum absolute atomic E-state index is 0.403. The molecule has 0 aliphatic heterocycles. The molecule has 0 unspecified atom stereocenters. The van der Waals surface area contributed by atoms with E-state index in [4.69, 9.17) is 9.47 Å². The molecule has 2 aromatic heterocycles. The number of nitrogens with zero attached hydrogens (tertiary/aromatic N) is 4. The van der Waals surface area contributed by atoms with E-state index in [0.717, 1.165) is 28.1 Å². The molecule has 0 saturated carbocycles. The van der Waals surface area contributed by atoms with E-state index < -0.39 is 0 Å². The summed E-state index contributed by atoms with van der Waals surface area (Å²) in [7, 11) is 3.32. The lowest BCUT2D eigenvalue weighted by molar-refractivity contribution is 0.132. The zero-order valence-electron chi connectivity index (χ0n) is 11.3. The van der Waals surface area contributed by atoms with Gasteiger partial charge in [-0.1, -0.05) is 0 Å². The van der Waals surface area contributed by atoms with Gasteiger partial charge in [-0.2, -0.15) is 0 Å². The Labute approximate surface area is 120 Å². The van der Waals surface area contributed by atoms with Crippen LogP contribution in [0.2, 0.25) is 0 Å². The van der Waals surface area contributed by atoms with Crippen molar-refractivity contribution in [1.82, 2.24) is 14.5 Å². The third kappa shape index (κ3) is 2.88. The zero-order chi connectivity index (χ0) is 13.8. The lowest BCUT2D eigenvalue weighted by atomic mass is 10.4. The topological polar surface area (TPSA) is 52.4 Å². The molecule has 6 nitrogen and oxygen atoms in total. The third-order valence-electron chi connectivity index (χ3n) is 2.74. The molecule has 0 spiro atoms. The number of ether oxygens (including phenoxy) is 2. The summed E-state index contributed by atoms with van der Waals surface area (Å²) in [5.74, 6) is 0.798. The number of fused-ring (bicyclic) bond motifs is 1. The van der Waals surface area contributed by atoms with Crippen LogP contribution in [0, 0.1) is 0 Å². The molecule has 0 N–H and O–H groups in total. The second kappa shape index (κ2) is 6.31. The Morgan fingerprint density at radius 3 is 2.79 bits per heavy atom. The van der Waals surface area contributed by atoms with Crippen molar-refractivity contribution in [2.24, 2.45) is 0 Å². The maximum atomic E-state index is 5.24. The van der Waals surface area contributed by atoms with Crippen LogP contribution in [0.25, 0.3) is 11.2 Å². The van der Waals surface area contributed by atoms with Gasteiger partial charge in [0.2, 0.25) is 5.95 Å². The van der Waals surface area contributed by atoms with E-state index in [9.17, 15) is 0 Å². The number of aromatic nitrogens is 3. The van der Waals surface area contributed by atoms with E-state index in [2.05, 4.69) is 32.8 Å². The minimum Gasteiger partial charge on any atom is -0.364 e. The molecule has 2 aromatic rings. The molecule has 0 atom stereocenters. The molecule has 0 aliphatic carbocycles. The number of pyridine rings is 1. The molecular weight excluding hydrogens is 312 g/mol. The molecule has 0 bridgehead atoms. The Morgan fingerprint density at radius 2 is 2.16 bits per heavy atom.